The van der Waals surface area contributed by atoms with Crippen LogP contribution < -0.4 is 19.1 Å². The van der Waals surface area contributed by atoms with Crippen LogP contribution in [0, 0.1) is 6.92 Å². The summed E-state index contributed by atoms with van der Waals surface area (Å²) in [6.45, 7) is 4.74. The lowest BCUT2D eigenvalue weighted by atomic mass is 10.0. The summed E-state index contributed by atoms with van der Waals surface area (Å²) in [4.78, 5) is 30.1. The van der Waals surface area contributed by atoms with Crippen molar-refractivity contribution in [3.8, 4) is 11.5 Å². The SMILES string of the molecule is CCCCNC(=O)[C@@H](Cc1ccccc1)N(Cc1cccc(C)c1)C(=O)CN(c1ccc2c(c1)OCCO2)S(=O)(=O)c1ccccc1. The maximum absolute atomic E-state index is 14.6. The summed E-state index contributed by atoms with van der Waals surface area (Å²) in [6, 6.07) is 29.2. The summed E-state index contributed by atoms with van der Waals surface area (Å²) in [5, 5.41) is 3.02. The molecule has 0 aliphatic carbocycles. The number of carbonyl (C=O) groups is 2. The van der Waals surface area contributed by atoms with Crippen LogP contribution in [0.25, 0.3) is 0 Å². The van der Waals surface area contributed by atoms with E-state index in [2.05, 4.69) is 5.32 Å². The van der Waals surface area contributed by atoms with Gasteiger partial charge in [0.1, 0.15) is 25.8 Å². The third-order valence-electron chi connectivity index (χ3n) is 7.96. The van der Waals surface area contributed by atoms with Crippen molar-refractivity contribution in [2.24, 2.45) is 0 Å². The van der Waals surface area contributed by atoms with E-state index in [1.807, 2.05) is 68.4 Å². The maximum atomic E-state index is 14.6. The molecule has 0 radical (unpaired) electrons. The Labute approximate surface area is 277 Å². The first-order valence-corrected chi connectivity index (χ1v) is 17.3. The van der Waals surface area contributed by atoms with E-state index in [4.69, 9.17) is 9.47 Å². The van der Waals surface area contributed by atoms with Crippen molar-refractivity contribution in [1.82, 2.24) is 10.2 Å². The molecule has 4 aromatic carbocycles. The molecule has 9 nitrogen and oxygen atoms in total. The van der Waals surface area contributed by atoms with Crippen molar-refractivity contribution >= 4 is 27.5 Å². The highest BCUT2D eigenvalue weighted by Crippen LogP contribution is 2.36. The molecule has 0 spiro atoms. The fourth-order valence-electron chi connectivity index (χ4n) is 5.50. The van der Waals surface area contributed by atoms with Gasteiger partial charge in [0.25, 0.3) is 10.0 Å². The van der Waals surface area contributed by atoms with Crippen molar-refractivity contribution in [2.45, 2.75) is 50.6 Å². The zero-order chi connectivity index (χ0) is 33.2. The monoisotopic (exact) mass is 655 g/mol. The molecule has 1 N–H and O–H groups in total. The van der Waals surface area contributed by atoms with Gasteiger partial charge < -0.3 is 19.7 Å². The van der Waals surface area contributed by atoms with Gasteiger partial charge in [-0.25, -0.2) is 8.42 Å². The summed E-state index contributed by atoms with van der Waals surface area (Å²) in [5.41, 5.74) is 2.96. The van der Waals surface area contributed by atoms with Gasteiger partial charge in [-0.15, -0.1) is 0 Å². The van der Waals surface area contributed by atoms with Crippen LogP contribution in [-0.4, -0.2) is 57.5 Å². The van der Waals surface area contributed by atoms with E-state index in [1.165, 1.54) is 17.0 Å². The molecule has 0 unspecified atom stereocenters. The number of amides is 2. The number of carbonyl (C=O) groups excluding carboxylic acids is 2. The number of benzene rings is 4. The number of rotatable bonds is 14. The number of fused-ring (bicyclic) bond motifs is 1. The molecule has 246 valence electrons. The van der Waals surface area contributed by atoms with Crippen LogP contribution >= 0.6 is 0 Å². The van der Waals surface area contributed by atoms with Crippen LogP contribution in [0.15, 0.2) is 108 Å². The highest BCUT2D eigenvalue weighted by molar-refractivity contribution is 7.92. The molecule has 0 saturated carbocycles. The van der Waals surface area contributed by atoms with E-state index in [0.29, 0.717) is 31.3 Å². The van der Waals surface area contributed by atoms with E-state index < -0.39 is 28.5 Å². The molecule has 0 saturated heterocycles. The van der Waals surface area contributed by atoms with Crippen LogP contribution in [0.1, 0.15) is 36.5 Å². The van der Waals surface area contributed by atoms with Crippen LogP contribution in [0.5, 0.6) is 11.5 Å². The standard InChI is InChI=1S/C37H41N3O6S/c1-3-4-20-38-37(42)33(24-29-13-7-5-8-14-29)39(26-30-15-11-12-28(2)23-30)36(41)27-40(47(43,44)32-16-9-6-10-17-32)31-18-19-34-35(25-31)46-22-21-45-34/h5-19,23,25,33H,3-4,20-22,24,26-27H2,1-2H3,(H,38,42)/t33-/m1/s1. The number of hydrogen-bond donors (Lipinski definition) is 1. The van der Waals surface area contributed by atoms with E-state index in [-0.39, 0.29) is 29.5 Å². The Balaban J connectivity index is 1.57. The smallest absolute Gasteiger partial charge is 0.264 e. The third-order valence-corrected chi connectivity index (χ3v) is 9.75. The minimum atomic E-state index is -4.22. The lowest BCUT2D eigenvalue weighted by Crippen LogP contribution is -2.53. The molecule has 1 heterocycles. The molecular formula is C37H41N3O6S. The molecule has 0 fully saturated rings. The lowest BCUT2D eigenvalue weighted by molar-refractivity contribution is -0.140. The molecule has 0 aromatic heterocycles. The summed E-state index contributed by atoms with van der Waals surface area (Å²) in [6.07, 6.45) is 1.95. The van der Waals surface area contributed by atoms with Gasteiger partial charge in [-0.05, 0) is 48.7 Å². The summed E-state index contributed by atoms with van der Waals surface area (Å²) >= 11 is 0. The number of nitrogens with one attached hydrogen (secondary N) is 1. The molecule has 1 aliphatic heterocycles. The Morgan fingerprint density at radius 3 is 2.21 bits per heavy atom. The number of hydrogen-bond acceptors (Lipinski definition) is 6. The van der Waals surface area contributed by atoms with Crippen LogP contribution in [-0.2, 0) is 32.6 Å². The minimum absolute atomic E-state index is 0.0334. The van der Waals surface area contributed by atoms with Gasteiger partial charge in [-0.1, -0.05) is 91.7 Å². The Morgan fingerprint density at radius 2 is 1.51 bits per heavy atom. The predicted molar refractivity (Wildman–Crippen MR) is 182 cm³/mol. The van der Waals surface area contributed by atoms with Gasteiger partial charge in [-0.2, -0.15) is 0 Å². The highest BCUT2D eigenvalue weighted by Gasteiger charge is 2.35. The highest BCUT2D eigenvalue weighted by atomic mass is 32.2. The first kappa shape index (κ1) is 33.5. The van der Waals surface area contributed by atoms with E-state index >= 15 is 0 Å². The zero-order valence-corrected chi connectivity index (χ0v) is 27.6. The summed E-state index contributed by atoms with van der Waals surface area (Å²) in [5.74, 6) is 0.0760. The topological polar surface area (TPSA) is 105 Å². The van der Waals surface area contributed by atoms with Crippen LogP contribution in [0.4, 0.5) is 5.69 Å². The van der Waals surface area contributed by atoms with Gasteiger partial charge >= 0.3 is 0 Å². The summed E-state index contributed by atoms with van der Waals surface area (Å²) in [7, 11) is -4.22. The number of ether oxygens (including phenoxy) is 2. The van der Waals surface area contributed by atoms with Crippen LogP contribution in [0.2, 0.25) is 0 Å². The number of aryl methyl sites for hydroxylation is 1. The second-order valence-electron chi connectivity index (χ2n) is 11.5. The van der Waals surface area contributed by atoms with Crippen molar-refractivity contribution < 1.29 is 27.5 Å². The maximum Gasteiger partial charge on any atom is 0.264 e. The normalized spacial score (nSPS) is 13.0. The number of sulfonamides is 1. The molecule has 5 rings (SSSR count). The lowest BCUT2D eigenvalue weighted by Gasteiger charge is -2.34. The minimum Gasteiger partial charge on any atom is -0.486 e. The molecule has 10 heteroatoms. The number of nitrogens with zero attached hydrogens (tertiary/aromatic N) is 2. The Bertz CT molecular complexity index is 1770. The van der Waals surface area contributed by atoms with E-state index in [0.717, 1.165) is 33.8 Å². The summed E-state index contributed by atoms with van der Waals surface area (Å²) < 4.78 is 41.0. The molecule has 1 aliphatic rings. The second kappa shape index (κ2) is 15.6. The van der Waals surface area contributed by atoms with Gasteiger partial charge in [0, 0.05) is 25.6 Å². The molecular weight excluding hydrogens is 614 g/mol. The molecule has 4 aromatic rings. The number of anilines is 1. The van der Waals surface area contributed by atoms with Crippen molar-refractivity contribution in [3.05, 3.63) is 120 Å². The van der Waals surface area contributed by atoms with Crippen molar-refractivity contribution in [2.75, 3.05) is 30.6 Å². The molecule has 2 amide bonds. The molecule has 0 bridgehead atoms. The van der Waals surface area contributed by atoms with Crippen molar-refractivity contribution in [3.63, 3.8) is 0 Å². The largest absolute Gasteiger partial charge is 0.486 e. The molecule has 47 heavy (non-hydrogen) atoms. The predicted octanol–water partition coefficient (Wildman–Crippen LogP) is 5.52. The first-order valence-electron chi connectivity index (χ1n) is 15.9. The average molecular weight is 656 g/mol. The quantitative estimate of drug-likeness (QED) is 0.180. The zero-order valence-electron chi connectivity index (χ0n) is 26.8. The second-order valence-corrected chi connectivity index (χ2v) is 13.4. The fraction of sp³-hybridized carbons (Fsp3) is 0.297. The van der Waals surface area contributed by atoms with Gasteiger partial charge in [0.05, 0.1) is 10.6 Å². The first-order chi connectivity index (χ1) is 22.8. The third kappa shape index (κ3) is 8.51. The van der Waals surface area contributed by atoms with Crippen molar-refractivity contribution in [1.29, 1.82) is 0 Å². The Hall–Kier alpha value is -4.83. The van der Waals surface area contributed by atoms with E-state index in [1.54, 1.807) is 36.4 Å². The van der Waals surface area contributed by atoms with Gasteiger partial charge in [0.2, 0.25) is 11.8 Å². The van der Waals surface area contributed by atoms with Gasteiger partial charge in [-0.3, -0.25) is 13.9 Å². The van der Waals surface area contributed by atoms with Crippen LogP contribution in [0.3, 0.4) is 0 Å². The average Bonchev–Trinajstić information content (AvgIpc) is 3.09. The fourth-order valence-corrected chi connectivity index (χ4v) is 6.93. The Morgan fingerprint density at radius 1 is 0.830 bits per heavy atom. The Kier molecular flexibility index (Phi) is 11.2. The number of unbranched alkanes of at least 4 members (excludes halogenated alkanes) is 1. The van der Waals surface area contributed by atoms with Gasteiger partial charge in [0.15, 0.2) is 11.5 Å². The molecule has 1 atom stereocenters. The van der Waals surface area contributed by atoms with E-state index in [9.17, 15) is 18.0 Å².